The zero-order valence-electron chi connectivity index (χ0n) is 16.9. The minimum absolute atomic E-state index is 0.0481. The van der Waals surface area contributed by atoms with Gasteiger partial charge in [0.2, 0.25) is 0 Å². The maximum Gasteiger partial charge on any atom is 0.416 e. The molecule has 5 nitrogen and oxygen atoms in total. The Morgan fingerprint density at radius 2 is 1.71 bits per heavy atom. The van der Waals surface area contributed by atoms with Gasteiger partial charge in [-0.25, -0.2) is 0 Å². The van der Waals surface area contributed by atoms with Crippen molar-refractivity contribution < 1.29 is 18.0 Å². The van der Waals surface area contributed by atoms with Crippen molar-refractivity contribution in [2.24, 2.45) is 5.73 Å². The Labute approximate surface area is 177 Å². The van der Waals surface area contributed by atoms with Crippen LogP contribution in [0.3, 0.4) is 0 Å². The van der Waals surface area contributed by atoms with E-state index in [0.717, 1.165) is 27.8 Å². The predicted octanol–water partition coefficient (Wildman–Crippen LogP) is 3.60. The van der Waals surface area contributed by atoms with E-state index >= 15 is 0 Å². The van der Waals surface area contributed by atoms with E-state index in [1.165, 1.54) is 24.3 Å². The lowest BCUT2D eigenvalue weighted by Gasteiger charge is -2.14. The number of nitrogens with one attached hydrogen (secondary N) is 1. The second-order valence-corrected chi connectivity index (χ2v) is 7.10. The van der Waals surface area contributed by atoms with Crippen molar-refractivity contribution in [2.45, 2.75) is 26.1 Å². The number of amides is 1. The van der Waals surface area contributed by atoms with Crippen LogP contribution in [0.4, 0.5) is 13.2 Å². The fourth-order valence-electron chi connectivity index (χ4n) is 3.20. The zero-order valence-corrected chi connectivity index (χ0v) is 16.9. The summed E-state index contributed by atoms with van der Waals surface area (Å²) >= 11 is 0. The molecule has 0 fully saturated rings. The Kier molecular flexibility index (Phi) is 6.60. The van der Waals surface area contributed by atoms with E-state index in [-0.39, 0.29) is 11.3 Å². The molecule has 0 atom stereocenters. The van der Waals surface area contributed by atoms with Gasteiger partial charge in [-0.2, -0.15) is 13.2 Å². The van der Waals surface area contributed by atoms with Crippen molar-refractivity contribution in [3.05, 3.63) is 99.0 Å². The minimum Gasteiger partial charge on any atom is -0.352 e. The maximum atomic E-state index is 13.1. The number of nitrogens with two attached hydrogens (primary N) is 1. The first kappa shape index (κ1) is 22.3. The Bertz CT molecular complexity index is 1140. The maximum absolute atomic E-state index is 13.1. The molecule has 0 aliphatic rings. The standard InChI is InChI=1S/C23H22F3N3O2/c1-15-5-10-20(21(30)28-12-11-16-6-8-17(14-27)9-7-16)22(31)29(15)19-4-2-3-18(13-19)23(24,25)26/h2-10,13H,11-12,14,27H2,1H3,(H,28,30). The SMILES string of the molecule is Cc1ccc(C(=O)NCCc2ccc(CN)cc2)c(=O)n1-c1cccc(C(F)(F)F)c1. The number of benzene rings is 2. The summed E-state index contributed by atoms with van der Waals surface area (Å²) in [5.41, 5.74) is 6.36. The van der Waals surface area contributed by atoms with Crippen LogP contribution >= 0.6 is 0 Å². The number of aromatic nitrogens is 1. The van der Waals surface area contributed by atoms with Crippen molar-refractivity contribution in [1.82, 2.24) is 9.88 Å². The second-order valence-electron chi connectivity index (χ2n) is 7.10. The molecule has 1 amide bonds. The van der Waals surface area contributed by atoms with E-state index in [9.17, 15) is 22.8 Å². The van der Waals surface area contributed by atoms with E-state index in [1.807, 2.05) is 24.3 Å². The molecule has 3 N–H and O–H groups in total. The van der Waals surface area contributed by atoms with Gasteiger partial charge in [-0.15, -0.1) is 0 Å². The molecular weight excluding hydrogens is 407 g/mol. The third-order valence-electron chi connectivity index (χ3n) is 4.91. The smallest absolute Gasteiger partial charge is 0.352 e. The molecule has 0 saturated carbocycles. The molecule has 3 rings (SSSR count). The molecule has 0 aliphatic carbocycles. The number of carbonyl (C=O) groups excluding carboxylic acids is 1. The highest BCUT2D eigenvalue weighted by molar-refractivity contribution is 5.93. The summed E-state index contributed by atoms with van der Waals surface area (Å²) in [6.45, 7) is 2.34. The van der Waals surface area contributed by atoms with Gasteiger partial charge in [0.15, 0.2) is 0 Å². The number of rotatable bonds is 6. The van der Waals surface area contributed by atoms with Crippen LogP contribution in [0.2, 0.25) is 0 Å². The lowest BCUT2D eigenvalue weighted by atomic mass is 10.1. The van der Waals surface area contributed by atoms with E-state index < -0.39 is 23.2 Å². The third kappa shape index (κ3) is 5.21. The largest absolute Gasteiger partial charge is 0.416 e. The normalized spacial score (nSPS) is 11.4. The molecule has 31 heavy (non-hydrogen) atoms. The number of alkyl halides is 3. The molecular formula is C23H22F3N3O2. The van der Waals surface area contributed by atoms with Gasteiger partial charge in [-0.05, 0) is 54.8 Å². The molecule has 0 unspecified atom stereocenters. The lowest BCUT2D eigenvalue weighted by molar-refractivity contribution is -0.137. The van der Waals surface area contributed by atoms with Crippen LogP contribution in [0, 0.1) is 6.92 Å². The van der Waals surface area contributed by atoms with Crippen LogP contribution in [0.15, 0.2) is 65.5 Å². The molecule has 3 aromatic rings. The summed E-state index contributed by atoms with van der Waals surface area (Å²) in [6, 6.07) is 15.0. The average Bonchev–Trinajstić information content (AvgIpc) is 2.74. The summed E-state index contributed by atoms with van der Waals surface area (Å²) in [7, 11) is 0. The zero-order chi connectivity index (χ0) is 22.6. The molecule has 8 heteroatoms. The summed E-state index contributed by atoms with van der Waals surface area (Å²) in [5, 5.41) is 2.69. The van der Waals surface area contributed by atoms with E-state index in [4.69, 9.17) is 5.73 Å². The van der Waals surface area contributed by atoms with Gasteiger partial charge in [0.1, 0.15) is 5.56 Å². The van der Waals surface area contributed by atoms with Gasteiger partial charge >= 0.3 is 6.18 Å². The van der Waals surface area contributed by atoms with E-state index in [1.54, 1.807) is 6.92 Å². The van der Waals surface area contributed by atoms with E-state index in [2.05, 4.69) is 5.32 Å². The van der Waals surface area contributed by atoms with Crippen molar-refractivity contribution in [1.29, 1.82) is 0 Å². The first-order valence-corrected chi connectivity index (χ1v) is 9.67. The summed E-state index contributed by atoms with van der Waals surface area (Å²) < 4.78 is 40.3. The molecule has 1 aromatic heterocycles. The van der Waals surface area contributed by atoms with Crippen molar-refractivity contribution in [3.63, 3.8) is 0 Å². The molecule has 0 radical (unpaired) electrons. The Hall–Kier alpha value is -3.39. The van der Waals surface area contributed by atoms with Crippen LogP contribution in [-0.2, 0) is 19.1 Å². The topological polar surface area (TPSA) is 77.1 Å². The van der Waals surface area contributed by atoms with Gasteiger partial charge in [-0.3, -0.25) is 14.2 Å². The van der Waals surface area contributed by atoms with Gasteiger partial charge < -0.3 is 11.1 Å². The molecule has 0 spiro atoms. The lowest BCUT2D eigenvalue weighted by Crippen LogP contribution is -2.34. The number of halogens is 3. The van der Waals surface area contributed by atoms with Gasteiger partial charge in [0.25, 0.3) is 11.5 Å². The van der Waals surface area contributed by atoms with Crippen LogP contribution < -0.4 is 16.6 Å². The molecule has 2 aromatic carbocycles. The summed E-state index contributed by atoms with van der Waals surface area (Å²) in [4.78, 5) is 25.5. The number of nitrogens with zero attached hydrogens (tertiary/aromatic N) is 1. The van der Waals surface area contributed by atoms with Crippen molar-refractivity contribution in [3.8, 4) is 5.69 Å². The highest BCUT2D eigenvalue weighted by atomic mass is 19.4. The Morgan fingerprint density at radius 3 is 2.35 bits per heavy atom. The Morgan fingerprint density at radius 1 is 1.03 bits per heavy atom. The minimum atomic E-state index is -4.54. The van der Waals surface area contributed by atoms with Crippen LogP contribution in [0.25, 0.3) is 5.69 Å². The third-order valence-corrected chi connectivity index (χ3v) is 4.91. The summed E-state index contributed by atoms with van der Waals surface area (Å²) in [5.74, 6) is -0.579. The number of hydrogen-bond acceptors (Lipinski definition) is 3. The number of carbonyl (C=O) groups is 1. The molecule has 0 aliphatic heterocycles. The fraction of sp³-hybridized carbons (Fsp3) is 0.217. The number of pyridine rings is 1. The Balaban J connectivity index is 1.80. The predicted molar refractivity (Wildman–Crippen MR) is 112 cm³/mol. The van der Waals surface area contributed by atoms with Crippen molar-refractivity contribution in [2.75, 3.05) is 6.54 Å². The van der Waals surface area contributed by atoms with Crippen LogP contribution in [0.1, 0.15) is 32.7 Å². The monoisotopic (exact) mass is 429 g/mol. The molecule has 0 saturated heterocycles. The quantitative estimate of drug-likeness (QED) is 0.629. The van der Waals surface area contributed by atoms with Gasteiger partial charge in [0, 0.05) is 24.5 Å². The highest BCUT2D eigenvalue weighted by Crippen LogP contribution is 2.30. The fourth-order valence-corrected chi connectivity index (χ4v) is 3.20. The van der Waals surface area contributed by atoms with Gasteiger partial charge in [-0.1, -0.05) is 30.3 Å². The molecule has 0 bridgehead atoms. The highest BCUT2D eigenvalue weighted by Gasteiger charge is 2.30. The first-order valence-electron chi connectivity index (χ1n) is 9.67. The van der Waals surface area contributed by atoms with Gasteiger partial charge in [0.05, 0.1) is 5.56 Å². The van der Waals surface area contributed by atoms with Crippen molar-refractivity contribution >= 4 is 5.91 Å². The second kappa shape index (κ2) is 9.18. The van der Waals surface area contributed by atoms with Crippen LogP contribution in [0.5, 0.6) is 0 Å². The van der Waals surface area contributed by atoms with E-state index in [0.29, 0.717) is 25.2 Å². The number of aryl methyl sites for hydroxylation is 1. The summed E-state index contributed by atoms with van der Waals surface area (Å²) in [6.07, 6.45) is -3.98. The molecule has 1 heterocycles. The first-order chi connectivity index (χ1) is 14.7. The van der Waals surface area contributed by atoms with Crippen LogP contribution in [-0.4, -0.2) is 17.0 Å². The number of hydrogen-bond donors (Lipinski definition) is 2. The average molecular weight is 429 g/mol. The molecule has 162 valence electrons.